The minimum absolute atomic E-state index is 0.00981. The minimum atomic E-state index is -4.35. The highest BCUT2D eigenvalue weighted by Crippen LogP contribution is 2.34. The molecule has 2 aromatic rings. The summed E-state index contributed by atoms with van der Waals surface area (Å²) in [6.45, 7) is 5.64. The SMILES string of the molecule is CC.Cc1cc(C(F)(F)F)c2ncccc2c1. The van der Waals surface area contributed by atoms with E-state index in [9.17, 15) is 13.2 Å². The van der Waals surface area contributed by atoms with E-state index in [1.165, 1.54) is 6.20 Å². The van der Waals surface area contributed by atoms with Gasteiger partial charge in [-0.3, -0.25) is 4.98 Å². The van der Waals surface area contributed by atoms with Crippen LogP contribution in [0.5, 0.6) is 0 Å². The number of halogens is 3. The molecule has 1 aromatic heterocycles. The molecule has 0 aliphatic carbocycles. The van der Waals surface area contributed by atoms with Crippen molar-refractivity contribution in [2.75, 3.05) is 0 Å². The maximum absolute atomic E-state index is 12.7. The van der Waals surface area contributed by atoms with E-state index in [1.807, 2.05) is 13.8 Å². The molecule has 17 heavy (non-hydrogen) atoms. The summed E-state index contributed by atoms with van der Waals surface area (Å²) >= 11 is 0. The van der Waals surface area contributed by atoms with E-state index >= 15 is 0 Å². The van der Waals surface area contributed by atoms with Crippen molar-refractivity contribution in [3.63, 3.8) is 0 Å². The van der Waals surface area contributed by atoms with Crippen molar-refractivity contribution >= 4 is 10.9 Å². The molecule has 1 nitrogen and oxygen atoms in total. The van der Waals surface area contributed by atoms with Crippen LogP contribution in [-0.4, -0.2) is 4.98 Å². The second kappa shape index (κ2) is 5.17. The Balaban J connectivity index is 0.000000686. The van der Waals surface area contributed by atoms with Crippen molar-refractivity contribution in [3.05, 3.63) is 41.6 Å². The zero-order chi connectivity index (χ0) is 13.1. The van der Waals surface area contributed by atoms with Crippen molar-refractivity contribution in [2.45, 2.75) is 26.9 Å². The second-order valence-electron chi connectivity index (χ2n) is 3.39. The quantitative estimate of drug-likeness (QED) is 0.657. The molecule has 0 spiro atoms. The largest absolute Gasteiger partial charge is 0.418 e. The van der Waals surface area contributed by atoms with Gasteiger partial charge in [0.05, 0.1) is 11.1 Å². The summed E-state index contributed by atoms with van der Waals surface area (Å²) in [5.74, 6) is 0. The fraction of sp³-hybridized carbons (Fsp3) is 0.308. The van der Waals surface area contributed by atoms with Crippen LogP contribution in [0.25, 0.3) is 10.9 Å². The molecule has 2 rings (SSSR count). The van der Waals surface area contributed by atoms with Gasteiger partial charge in [0.1, 0.15) is 0 Å². The fourth-order valence-electron chi connectivity index (χ4n) is 1.56. The molecule has 0 bridgehead atoms. The average Bonchev–Trinajstić information content (AvgIpc) is 2.29. The molecule has 0 atom stereocenters. The molecule has 1 heterocycles. The highest BCUT2D eigenvalue weighted by molar-refractivity contribution is 5.82. The Morgan fingerprint density at radius 2 is 1.76 bits per heavy atom. The average molecular weight is 241 g/mol. The number of benzene rings is 1. The summed E-state index contributed by atoms with van der Waals surface area (Å²) in [6, 6.07) is 6.07. The molecular weight excluding hydrogens is 227 g/mol. The first-order valence-corrected chi connectivity index (χ1v) is 5.41. The van der Waals surface area contributed by atoms with E-state index in [2.05, 4.69) is 4.98 Å². The van der Waals surface area contributed by atoms with Gasteiger partial charge in [-0.15, -0.1) is 0 Å². The number of fused-ring (bicyclic) bond motifs is 1. The lowest BCUT2D eigenvalue weighted by molar-refractivity contribution is -0.136. The number of rotatable bonds is 0. The normalized spacial score (nSPS) is 10.9. The zero-order valence-corrected chi connectivity index (χ0v) is 9.97. The highest BCUT2D eigenvalue weighted by atomic mass is 19.4. The third-order valence-corrected chi connectivity index (χ3v) is 2.15. The van der Waals surface area contributed by atoms with Crippen LogP contribution >= 0.6 is 0 Å². The monoisotopic (exact) mass is 241 g/mol. The fourth-order valence-corrected chi connectivity index (χ4v) is 1.56. The van der Waals surface area contributed by atoms with Crippen molar-refractivity contribution < 1.29 is 13.2 Å². The molecule has 92 valence electrons. The van der Waals surface area contributed by atoms with Gasteiger partial charge in [-0.1, -0.05) is 19.9 Å². The molecule has 0 unspecified atom stereocenters. The van der Waals surface area contributed by atoms with Gasteiger partial charge in [-0.2, -0.15) is 13.2 Å². The Bertz CT molecular complexity index is 503. The van der Waals surface area contributed by atoms with E-state index in [0.717, 1.165) is 6.07 Å². The second-order valence-corrected chi connectivity index (χ2v) is 3.39. The number of aryl methyl sites for hydroxylation is 1. The van der Waals surface area contributed by atoms with Crippen LogP contribution in [0.15, 0.2) is 30.5 Å². The summed E-state index contributed by atoms with van der Waals surface area (Å²) < 4.78 is 38.0. The molecule has 0 aliphatic heterocycles. The van der Waals surface area contributed by atoms with Crippen LogP contribution in [0.2, 0.25) is 0 Å². The lowest BCUT2D eigenvalue weighted by atomic mass is 10.1. The van der Waals surface area contributed by atoms with Crippen LogP contribution in [0.1, 0.15) is 25.0 Å². The van der Waals surface area contributed by atoms with Gasteiger partial charge in [-0.25, -0.2) is 0 Å². The van der Waals surface area contributed by atoms with E-state index in [1.54, 1.807) is 25.1 Å². The summed E-state index contributed by atoms with van der Waals surface area (Å²) in [6.07, 6.45) is -2.98. The van der Waals surface area contributed by atoms with Gasteiger partial charge < -0.3 is 0 Å². The Hall–Kier alpha value is -1.58. The third-order valence-electron chi connectivity index (χ3n) is 2.15. The number of hydrogen-bond acceptors (Lipinski definition) is 1. The first kappa shape index (κ1) is 13.5. The number of hydrogen-bond donors (Lipinski definition) is 0. The molecule has 0 radical (unpaired) electrons. The predicted molar refractivity (Wildman–Crippen MR) is 62.8 cm³/mol. The van der Waals surface area contributed by atoms with Crippen molar-refractivity contribution in [1.29, 1.82) is 0 Å². The Morgan fingerprint density at radius 1 is 1.12 bits per heavy atom. The van der Waals surface area contributed by atoms with Gasteiger partial charge in [-0.05, 0) is 30.7 Å². The van der Waals surface area contributed by atoms with Gasteiger partial charge in [0.25, 0.3) is 0 Å². The Morgan fingerprint density at radius 3 is 2.35 bits per heavy atom. The molecule has 0 aliphatic rings. The Kier molecular flexibility index (Phi) is 4.10. The first-order chi connectivity index (χ1) is 7.98. The highest BCUT2D eigenvalue weighted by Gasteiger charge is 2.33. The van der Waals surface area contributed by atoms with E-state index in [0.29, 0.717) is 10.9 Å². The number of alkyl halides is 3. The number of aromatic nitrogens is 1. The maximum Gasteiger partial charge on any atom is 0.418 e. The van der Waals surface area contributed by atoms with E-state index in [-0.39, 0.29) is 5.52 Å². The molecular formula is C13H14F3N. The van der Waals surface area contributed by atoms with Crippen molar-refractivity contribution in [2.24, 2.45) is 0 Å². The van der Waals surface area contributed by atoms with Crippen LogP contribution in [-0.2, 0) is 6.18 Å². The van der Waals surface area contributed by atoms with Gasteiger partial charge >= 0.3 is 6.18 Å². The van der Waals surface area contributed by atoms with Crippen LogP contribution < -0.4 is 0 Å². The van der Waals surface area contributed by atoms with Crippen LogP contribution in [0.3, 0.4) is 0 Å². The molecule has 0 saturated heterocycles. The van der Waals surface area contributed by atoms with Gasteiger partial charge in [0.2, 0.25) is 0 Å². The topological polar surface area (TPSA) is 12.9 Å². The van der Waals surface area contributed by atoms with Crippen LogP contribution in [0, 0.1) is 6.92 Å². The number of nitrogens with zero attached hydrogens (tertiary/aromatic N) is 1. The smallest absolute Gasteiger partial charge is 0.256 e. The summed E-state index contributed by atoms with van der Waals surface area (Å²) in [5.41, 5.74) is -0.0727. The molecule has 4 heteroatoms. The van der Waals surface area contributed by atoms with E-state index < -0.39 is 11.7 Å². The molecule has 0 saturated carbocycles. The summed E-state index contributed by atoms with van der Waals surface area (Å²) in [7, 11) is 0. The molecule has 0 N–H and O–H groups in total. The van der Waals surface area contributed by atoms with Gasteiger partial charge in [0, 0.05) is 11.6 Å². The molecule has 0 amide bonds. The van der Waals surface area contributed by atoms with Gasteiger partial charge in [0.15, 0.2) is 0 Å². The summed E-state index contributed by atoms with van der Waals surface area (Å²) in [5, 5.41) is 0.518. The minimum Gasteiger partial charge on any atom is -0.256 e. The third kappa shape index (κ3) is 2.96. The predicted octanol–water partition coefficient (Wildman–Crippen LogP) is 4.59. The van der Waals surface area contributed by atoms with Crippen LogP contribution in [0.4, 0.5) is 13.2 Å². The Labute approximate surface area is 98.3 Å². The standard InChI is InChI=1S/C11H8F3N.C2H6/c1-7-5-8-3-2-4-15-10(8)9(6-7)11(12,13)14;1-2/h2-6H,1H3;1-2H3. The first-order valence-electron chi connectivity index (χ1n) is 5.41. The molecule has 0 fully saturated rings. The lowest BCUT2D eigenvalue weighted by Gasteiger charge is -2.10. The zero-order valence-electron chi connectivity index (χ0n) is 9.97. The lowest BCUT2D eigenvalue weighted by Crippen LogP contribution is -2.07. The molecule has 1 aromatic carbocycles. The van der Waals surface area contributed by atoms with Crippen molar-refractivity contribution in [1.82, 2.24) is 4.98 Å². The van der Waals surface area contributed by atoms with Crippen molar-refractivity contribution in [3.8, 4) is 0 Å². The maximum atomic E-state index is 12.7. The van der Waals surface area contributed by atoms with E-state index in [4.69, 9.17) is 0 Å². The summed E-state index contributed by atoms with van der Waals surface area (Å²) in [4.78, 5) is 3.77. The number of pyridine rings is 1.